The van der Waals surface area contributed by atoms with E-state index in [0.29, 0.717) is 5.69 Å². The van der Waals surface area contributed by atoms with Crippen LogP contribution >= 0.6 is 0 Å². The lowest BCUT2D eigenvalue weighted by molar-refractivity contribution is 0.437. The Morgan fingerprint density at radius 3 is 2.39 bits per heavy atom. The first-order chi connectivity index (χ1) is 8.27. The highest BCUT2D eigenvalue weighted by Gasteiger charge is 2.21. The van der Waals surface area contributed by atoms with Gasteiger partial charge in [0, 0.05) is 11.7 Å². The summed E-state index contributed by atoms with van der Waals surface area (Å²) < 4.78 is 27.2. The van der Waals surface area contributed by atoms with Gasteiger partial charge in [0.2, 0.25) is 10.0 Å². The lowest BCUT2D eigenvalue weighted by Gasteiger charge is -2.20. The molecule has 1 rings (SSSR count). The molecular formula is C13H22N2O2S. The van der Waals surface area contributed by atoms with Gasteiger partial charge in [0.1, 0.15) is 0 Å². The lowest BCUT2D eigenvalue weighted by atomic mass is 10.0. The first-order valence-corrected chi connectivity index (χ1v) is 7.64. The molecular weight excluding hydrogens is 248 g/mol. The van der Waals surface area contributed by atoms with Crippen molar-refractivity contribution < 1.29 is 8.42 Å². The van der Waals surface area contributed by atoms with Crippen molar-refractivity contribution in [2.24, 2.45) is 5.92 Å². The van der Waals surface area contributed by atoms with Crippen molar-refractivity contribution in [3.63, 3.8) is 0 Å². The maximum Gasteiger partial charge on any atom is 0.240 e. The van der Waals surface area contributed by atoms with Crippen molar-refractivity contribution in [1.82, 2.24) is 4.72 Å². The van der Waals surface area contributed by atoms with Crippen LogP contribution in [0.5, 0.6) is 0 Å². The fourth-order valence-electron chi connectivity index (χ4n) is 1.77. The zero-order chi connectivity index (χ0) is 13.9. The van der Waals surface area contributed by atoms with E-state index in [1.54, 1.807) is 19.1 Å². The topological polar surface area (TPSA) is 72.2 Å². The van der Waals surface area contributed by atoms with E-state index in [1.807, 2.05) is 20.8 Å². The molecule has 4 nitrogen and oxygen atoms in total. The van der Waals surface area contributed by atoms with E-state index in [-0.39, 0.29) is 16.9 Å². The molecule has 0 saturated heterocycles. The van der Waals surface area contributed by atoms with Crippen molar-refractivity contribution in [2.75, 3.05) is 5.73 Å². The van der Waals surface area contributed by atoms with Gasteiger partial charge in [0.05, 0.1) is 4.90 Å². The van der Waals surface area contributed by atoms with Gasteiger partial charge in [0.15, 0.2) is 0 Å². The van der Waals surface area contributed by atoms with Gasteiger partial charge in [0.25, 0.3) is 0 Å². The summed E-state index contributed by atoms with van der Waals surface area (Å²) >= 11 is 0. The Hall–Kier alpha value is -1.07. The van der Waals surface area contributed by atoms with Crippen LogP contribution < -0.4 is 10.5 Å². The Balaban J connectivity index is 3.02. The summed E-state index contributed by atoms with van der Waals surface area (Å²) in [6.45, 7) is 7.78. The van der Waals surface area contributed by atoms with Crippen LogP contribution in [0.25, 0.3) is 0 Å². The summed E-state index contributed by atoms with van der Waals surface area (Å²) in [6, 6.07) is 4.72. The molecule has 18 heavy (non-hydrogen) atoms. The molecule has 1 aromatic carbocycles. The first kappa shape index (κ1) is 15.0. The van der Waals surface area contributed by atoms with Crippen molar-refractivity contribution in [3.8, 4) is 0 Å². The number of benzene rings is 1. The minimum Gasteiger partial charge on any atom is -0.399 e. The molecule has 0 saturated carbocycles. The van der Waals surface area contributed by atoms with Crippen LogP contribution in [0.1, 0.15) is 32.8 Å². The maximum absolute atomic E-state index is 12.2. The molecule has 0 aliphatic rings. The number of hydrogen-bond donors (Lipinski definition) is 2. The maximum atomic E-state index is 12.2. The molecule has 0 heterocycles. The molecule has 0 spiro atoms. The molecule has 0 radical (unpaired) electrons. The van der Waals surface area contributed by atoms with Crippen molar-refractivity contribution in [3.05, 3.63) is 23.8 Å². The van der Waals surface area contributed by atoms with Gasteiger partial charge in [-0.2, -0.15) is 0 Å². The van der Waals surface area contributed by atoms with E-state index >= 15 is 0 Å². The van der Waals surface area contributed by atoms with E-state index < -0.39 is 10.0 Å². The molecule has 0 aliphatic heterocycles. The Kier molecular flexibility index (Phi) is 4.76. The summed E-state index contributed by atoms with van der Waals surface area (Å²) in [7, 11) is -3.46. The molecule has 0 aliphatic carbocycles. The molecule has 0 amide bonds. The summed E-state index contributed by atoms with van der Waals surface area (Å²) in [5, 5.41) is 0. The van der Waals surface area contributed by atoms with Crippen LogP contribution in [-0.2, 0) is 10.0 Å². The zero-order valence-corrected chi connectivity index (χ0v) is 12.2. The third kappa shape index (κ3) is 3.46. The van der Waals surface area contributed by atoms with E-state index in [0.717, 1.165) is 12.0 Å². The predicted molar refractivity (Wildman–Crippen MR) is 74.8 cm³/mol. The van der Waals surface area contributed by atoms with E-state index in [1.165, 1.54) is 6.07 Å². The number of nitrogen functional groups attached to an aromatic ring is 1. The molecule has 3 N–H and O–H groups in total. The van der Waals surface area contributed by atoms with Crippen molar-refractivity contribution in [1.29, 1.82) is 0 Å². The van der Waals surface area contributed by atoms with Crippen LogP contribution in [0.3, 0.4) is 0 Å². The van der Waals surface area contributed by atoms with Gasteiger partial charge in [-0.1, -0.05) is 20.8 Å². The zero-order valence-electron chi connectivity index (χ0n) is 11.4. The van der Waals surface area contributed by atoms with Crippen molar-refractivity contribution in [2.45, 2.75) is 45.1 Å². The normalized spacial score (nSPS) is 13.8. The summed E-state index contributed by atoms with van der Waals surface area (Å²) in [5.41, 5.74) is 7.07. The molecule has 0 bridgehead atoms. The summed E-state index contributed by atoms with van der Waals surface area (Å²) in [5.74, 6) is 0.264. The third-order valence-corrected chi connectivity index (χ3v) is 4.59. The average molecular weight is 270 g/mol. The van der Waals surface area contributed by atoms with Crippen molar-refractivity contribution >= 4 is 15.7 Å². The smallest absolute Gasteiger partial charge is 0.240 e. The minimum absolute atomic E-state index is 0.0483. The summed E-state index contributed by atoms with van der Waals surface area (Å²) in [6.07, 6.45) is 0.769. The third-order valence-electron chi connectivity index (χ3n) is 3.10. The first-order valence-electron chi connectivity index (χ1n) is 6.16. The largest absolute Gasteiger partial charge is 0.399 e. The average Bonchev–Trinajstić information content (AvgIpc) is 2.29. The van der Waals surface area contributed by atoms with Crippen LogP contribution in [0.4, 0.5) is 5.69 Å². The summed E-state index contributed by atoms with van der Waals surface area (Å²) in [4.78, 5) is 0.272. The highest BCUT2D eigenvalue weighted by Crippen LogP contribution is 2.18. The Labute approximate surface area is 110 Å². The highest BCUT2D eigenvalue weighted by molar-refractivity contribution is 7.89. The second kappa shape index (κ2) is 5.71. The Bertz CT molecular complexity index is 510. The minimum atomic E-state index is -3.46. The number of nitrogens with two attached hydrogens (primary N) is 1. The quantitative estimate of drug-likeness (QED) is 0.806. The number of rotatable bonds is 5. The molecule has 102 valence electrons. The number of nitrogens with one attached hydrogen (secondary N) is 1. The molecule has 0 aromatic heterocycles. The SMILES string of the molecule is CCC(NS(=O)(=O)c1ccc(N)c(C)c1)C(C)C. The van der Waals surface area contributed by atoms with Gasteiger partial charge >= 0.3 is 0 Å². The van der Waals surface area contributed by atoms with Gasteiger partial charge in [-0.05, 0) is 43.0 Å². The van der Waals surface area contributed by atoms with Crippen LogP contribution in [0.15, 0.2) is 23.1 Å². The number of sulfonamides is 1. The van der Waals surface area contributed by atoms with E-state index in [2.05, 4.69) is 4.72 Å². The van der Waals surface area contributed by atoms with Crippen LogP contribution in [0, 0.1) is 12.8 Å². The fourth-order valence-corrected chi connectivity index (χ4v) is 3.33. The standard InChI is InChI=1S/C13H22N2O2S/c1-5-13(9(2)3)15-18(16,17)11-6-7-12(14)10(4)8-11/h6-9,13,15H,5,14H2,1-4H3. The highest BCUT2D eigenvalue weighted by atomic mass is 32.2. The monoisotopic (exact) mass is 270 g/mol. The second-order valence-corrected chi connectivity index (χ2v) is 6.61. The molecule has 0 fully saturated rings. The van der Waals surface area contributed by atoms with E-state index in [9.17, 15) is 8.42 Å². The lowest BCUT2D eigenvalue weighted by Crippen LogP contribution is -2.37. The van der Waals surface area contributed by atoms with E-state index in [4.69, 9.17) is 5.73 Å². The number of anilines is 1. The molecule has 1 atom stereocenters. The number of aryl methyl sites for hydroxylation is 1. The Morgan fingerprint density at radius 2 is 1.94 bits per heavy atom. The van der Waals surface area contributed by atoms with Crippen LogP contribution in [-0.4, -0.2) is 14.5 Å². The molecule has 1 aromatic rings. The predicted octanol–water partition coefficient (Wildman–Crippen LogP) is 2.29. The van der Waals surface area contributed by atoms with Gasteiger partial charge in [-0.15, -0.1) is 0 Å². The molecule has 5 heteroatoms. The van der Waals surface area contributed by atoms with Crippen LogP contribution in [0.2, 0.25) is 0 Å². The second-order valence-electron chi connectivity index (χ2n) is 4.90. The Morgan fingerprint density at radius 1 is 1.33 bits per heavy atom. The number of hydrogen-bond acceptors (Lipinski definition) is 3. The van der Waals surface area contributed by atoms with Gasteiger partial charge in [-0.3, -0.25) is 0 Å². The van der Waals surface area contributed by atoms with Gasteiger partial charge < -0.3 is 5.73 Å². The van der Waals surface area contributed by atoms with Gasteiger partial charge in [-0.25, -0.2) is 13.1 Å². The fraction of sp³-hybridized carbons (Fsp3) is 0.538. The molecule has 1 unspecified atom stereocenters.